The summed E-state index contributed by atoms with van der Waals surface area (Å²) in [6, 6.07) is 0. The van der Waals surface area contributed by atoms with E-state index in [0.717, 1.165) is 19.0 Å². The Morgan fingerprint density at radius 2 is 1.83 bits per heavy atom. The Morgan fingerprint density at radius 1 is 1.33 bits per heavy atom. The van der Waals surface area contributed by atoms with E-state index in [1.807, 2.05) is 13.8 Å². The highest BCUT2D eigenvalue weighted by Crippen LogP contribution is 2.53. The molecule has 0 aromatic heterocycles. The van der Waals surface area contributed by atoms with Crippen LogP contribution in [0.1, 0.15) is 20.8 Å². The fraction of sp³-hybridized carbons (Fsp3) is 0.417. The van der Waals surface area contributed by atoms with E-state index in [4.69, 9.17) is 4.74 Å². The van der Waals surface area contributed by atoms with E-state index < -0.39 is 10.5 Å². The average Bonchev–Trinajstić information content (AvgIpc) is 2.32. The smallest absolute Gasteiger partial charge is 0.334 e. The van der Waals surface area contributed by atoms with E-state index in [9.17, 15) is 4.79 Å². The van der Waals surface area contributed by atoms with Crippen molar-refractivity contribution < 1.29 is 9.53 Å². The maximum Gasteiger partial charge on any atom is 0.334 e. The first-order valence-corrected chi connectivity index (χ1v) is 8.30. The molecule has 100 valence electrons. The number of halogens is 4. The maximum atomic E-state index is 11.8. The molecule has 18 heavy (non-hydrogen) atoms. The summed E-state index contributed by atoms with van der Waals surface area (Å²) in [7, 11) is 0. The summed E-state index contributed by atoms with van der Waals surface area (Å²) in [6.07, 6.45) is 0. The van der Waals surface area contributed by atoms with E-state index >= 15 is 0 Å². The van der Waals surface area contributed by atoms with Crippen LogP contribution in [0, 0.1) is 5.92 Å². The summed E-state index contributed by atoms with van der Waals surface area (Å²) in [5.41, 5.74) is 1.44. The highest BCUT2D eigenvalue weighted by molar-refractivity contribution is 9.17. The van der Waals surface area contributed by atoms with Crippen LogP contribution in [0.15, 0.2) is 31.2 Å². The molecule has 0 aromatic rings. The molecule has 0 aromatic carbocycles. The van der Waals surface area contributed by atoms with E-state index in [1.54, 1.807) is 6.92 Å². The minimum atomic E-state index is -0.913. The van der Waals surface area contributed by atoms with Crippen molar-refractivity contribution in [2.75, 3.05) is 0 Å². The predicted octanol–water partition coefficient (Wildman–Crippen LogP) is 5.52. The van der Waals surface area contributed by atoms with Crippen LogP contribution in [-0.4, -0.2) is 10.5 Å². The third-order valence-electron chi connectivity index (χ3n) is 2.83. The number of allylic oxidation sites excluding steroid dienone is 2. The van der Waals surface area contributed by atoms with Crippen molar-refractivity contribution in [3.05, 3.63) is 31.2 Å². The van der Waals surface area contributed by atoms with Gasteiger partial charge < -0.3 is 4.74 Å². The van der Waals surface area contributed by atoms with Gasteiger partial charge >= 0.3 is 5.97 Å². The van der Waals surface area contributed by atoms with Crippen LogP contribution in [0.25, 0.3) is 0 Å². The van der Waals surface area contributed by atoms with Crippen molar-refractivity contribution in [2.45, 2.75) is 25.3 Å². The SMILES string of the molecule is C=C(C)C(=O)OC1(Br)C(Br)=C(Br)C(Br)=C(C)C1C. The van der Waals surface area contributed by atoms with Gasteiger partial charge in [0, 0.05) is 20.5 Å². The van der Waals surface area contributed by atoms with Gasteiger partial charge in [-0.1, -0.05) is 13.5 Å². The number of hydrogen-bond acceptors (Lipinski definition) is 2. The Balaban J connectivity index is 3.25. The Bertz CT molecular complexity index is 478. The summed E-state index contributed by atoms with van der Waals surface area (Å²) in [5, 5.41) is 0. The Hall–Kier alpha value is 0.610. The fourth-order valence-corrected chi connectivity index (χ4v) is 4.43. The number of ether oxygens (including phenoxy) is 1. The van der Waals surface area contributed by atoms with Gasteiger partial charge in [0.2, 0.25) is 4.51 Å². The van der Waals surface area contributed by atoms with Crippen molar-refractivity contribution >= 4 is 69.7 Å². The van der Waals surface area contributed by atoms with Gasteiger partial charge in [0.15, 0.2) is 0 Å². The van der Waals surface area contributed by atoms with Crippen LogP contribution >= 0.6 is 63.7 Å². The van der Waals surface area contributed by atoms with Crippen LogP contribution in [0.4, 0.5) is 0 Å². The maximum absolute atomic E-state index is 11.8. The fourth-order valence-electron chi connectivity index (χ4n) is 1.43. The molecule has 0 heterocycles. The molecule has 0 radical (unpaired) electrons. The Kier molecular flexibility index (Phi) is 5.49. The number of esters is 1. The second-order valence-corrected chi connectivity index (χ2v) is 7.72. The van der Waals surface area contributed by atoms with E-state index in [1.165, 1.54) is 0 Å². The molecule has 2 nitrogen and oxygen atoms in total. The number of rotatable bonds is 2. The van der Waals surface area contributed by atoms with Gasteiger partial charge in [-0.2, -0.15) is 0 Å². The lowest BCUT2D eigenvalue weighted by atomic mass is 9.91. The number of alkyl halides is 1. The van der Waals surface area contributed by atoms with Crippen molar-refractivity contribution in [1.82, 2.24) is 0 Å². The molecule has 0 amide bonds. The van der Waals surface area contributed by atoms with E-state index in [0.29, 0.717) is 5.57 Å². The zero-order valence-electron chi connectivity index (χ0n) is 10.1. The second kappa shape index (κ2) is 5.94. The zero-order valence-corrected chi connectivity index (χ0v) is 16.5. The van der Waals surface area contributed by atoms with Gasteiger partial charge in [-0.25, -0.2) is 4.79 Å². The largest absolute Gasteiger partial charge is 0.438 e. The van der Waals surface area contributed by atoms with Gasteiger partial charge in [0.1, 0.15) is 0 Å². The van der Waals surface area contributed by atoms with Crippen LogP contribution in [0.3, 0.4) is 0 Å². The van der Waals surface area contributed by atoms with Gasteiger partial charge in [0.25, 0.3) is 0 Å². The molecule has 2 atom stereocenters. The summed E-state index contributed by atoms with van der Waals surface area (Å²) >= 11 is 14.0. The first-order chi connectivity index (χ1) is 8.12. The van der Waals surface area contributed by atoms with Gasteiger partial charge in [0.05, 0.1) is 4.48 Å². The standard InChI is InChI=1S/C12H12Br4O2/c1-5(2)11(17)18-12(16)7(4)6(3)8(13)9(14)10(12)15/h7H,1H2,2-4H3. The molecule has 1 rings (SSSR count). The van der Waals surface area contributed by atoms with Crippen molar-refractivity contribution in [3.8, 4) is 0 Å². The lowest BCUT2D eigenvalue weighted by Crippen LogP contribution is -2.39. The highest BCUT2D eigenvalue weighted by Gasteiger charge is 2.46. The molecular formula is C12H12Br4O2. The number of carbonyl (C=O) groups is 1. The number of carbonyl (C=O) groups excluding carboxylic acids is 1. The summed E-state index contributed by atoms with van der Waals surface area (Å²) < 4.78 is 7.15. The van der Waals surface area contributed by atoms with Crippen LogP contribution in [0.5, 0.6) is 0 Å². The molecular weight excluding hydrogens is 496 g/mol. The molecule has 0 N–H and O–H groups in total. The van der Waals surface area contributed by atoms with Crippen molar-refractivity contribution in [2.24, 2.45) is 5.92 Å². The molecule has 0 saturated heterocycles. The minimum Gasteiger partial charge on any atom is -0.438 e. The quantitative estimate of drug-likeness (QED) is 0.280. The summed E-state index contributed by atoms with van der Waals surface area (Å²) in [4.78, 5) is 11.8. The summed E-state index contributed by atoms with van der Waals surface area (Å²) in [6.45, 7) is 9.19. The Labute approximate surface area is 140 Å². The minimum absolute atomic E-state index is 0.0224. The predicted molar refractivity (Wildman–Crippen MR) is 88.2 cm³/mol. The number of hydrogen-bond donors (Lipinski definition) is 0. The average molecular weight is 508 g/mol. The van der Waals surface area contributed by atoms with Crippen LogP contribution < -0.4 is 0 Å². The van der Waals surface area contributed by atoms with E-state index in [-0.39, 0.29) is 5.92 Å². The van der Waals surface area contributed by atoms with Gasteiger partial charge in [-0.15, -0.1) is 0 Å². The first kappa shape index (κ1) is 16.7. The van der Waals surface area contributed by atoms with Crippen molar-refractivity contribution in [3.63, 3.8) is 0 Å². The van der Waals surface area contributed by atoms with Gasteiger partial charge in [-0.3, -0.25) is 0 Å². The molecule has 0 fully saturated rings. The monoisotopic (exact) mass is 504 g/mol. The molecule has 0 spiro atoms. The van der Waals surface area contributed by atoms with Gasteiger partial charge in [-0.05, 0) is 83.1 Å². The molecule has 0 bridgehead atoms. The topological polar surface area (TPSA) is 26.3 Å². The molecule has 1 aliphatic carbocycles. The first-order valence-electron chi connectivity index (χ1n) is 5.13. The molecule has 0 aliphatic heterocycles. The molecule has 2 unspecified atom stereocenters. The Morgan fingerprint density at radius 3 is 2.28 bits per heavy atom. The summed E-state index contributed by atoms with van der Waals surface area (Å²) in [5.74, 6) is -0.451. The molecule has 1 aliphatic rings. The second-order valence-electron chi connectivity index (χ2n) is 4.16. The normalized spacial score (nSPS) is 28.5. The van der Waals surface area contributed by atoms with Crippen LogP contribution in [0.2, 0.25) is 0 Å². The third kappa shape index (κ3) is 2.86. The zero-order chi connectivity index (χ0) is 14.2. The van der Waals surface area contributed by atoms with E-state index in [2.05, 4.69) is 70.3 Å². The molecule has 6 heteroatoms. The lowest BCUT2D eigenvalue weighted by Gasteiger charge is -2.38. The highest BCUT2D eigenvalue weighted by atomic mass is 79.9. The lowest BCUT2D eigenvalue weighted by molar-refractivity contribution is -0.145. The third-order valence-corrected chi connectivity index (χ3v) is 8.47. The van der Waals surface area contributed by atoms with Crippen LogP contribution in [-0.2, 0) is 9.53 Å². The van der Waals surface area contributed by atoms with Crippen molar-refractivity contribution in [1.29, 1.82) is 0 Å². The molecule has 0 saturated carbocycles.